The molecule has 4 saturated carbocycles. The van der Waals surface area contributed by atoms with Gasteiger partial charge in [-0.1, -0.05) is 6.08 Å². The number of allylic oxidation sites excluding steroid dienone is 1. The van der Waals surface area contributed by atoms with E-state index < -0.39 is 0 Å². The van der Waals surface area contributed by atoms with Crippen molar-refractivity contribution < 1.29 is 0 Å². The van der Waals surface area contributed by atoms with Crippen molar-refractivity contribution in [2.45, 2.75) is 32.1 Å². The van der Waals surface area contributed by atoms with Crippen LogP contribution in [0, 0.1) is 29.6 Å². The molecule has 0 spiro atoms. The van der Waals surface area contributed by atoms with E-state index in [2.05, 4.69) is 12.7 Å². The molecule has 0 atom stereocenters. The maximum atomic E-state index is 4.01. The summed E-state index contributed by atoms with van der Waals surface area (Å²) in [6.07, 6.45) is 9.95. The Bertz CT molecular complexity index is 176. The molecule has 0 nitrogen and oxygen atoms in total. The van der Waals surface area contributed by atoms with Crippen LogP contribution in [0.2, 0.25) is 0 Å². The maximum absolute atomic E-state index is 4.01. The van der Waals surface area contributed by atoms with Gasteiger partial charge in [0.05, 0.1) is 0 Å². The zero-order valence-corrected chi connectivity index (χ0v) is 7.71. The second kappa shape index (κ2) is 2.37. The molecular formula is C12H18. The number of rotatable bonds is 1. The molecule has 0 saturated heterocycles. The standard InChI is InChI=1S/C12H18/c1-2-12-10-4-8-3-9(6-10)7-11(12)5-8/h2,8-12H,1,3-7H2. The maximum Gasteiger partial charge on any atom is -0.0179 e. The van der Waals surface area contributed by atoms with Crippen molar-refractivity contribution in [1.29, 1.82) is 0 Å². The predicted octanol–water partition coefficient (Wildman–Crippen LogP) is 3.24. The molecule has 0 aromatic carbocycles. The lowest BCUT2D eigenvalue weighted by molar-refractivity contribution is -0.0160. The van der Waals surface area contributed by atoms with Gasteiger partial charge >= 0.3 is 0 Å². The van der Waals surface area contributed by atoms with Crippen molar-refractivity contribution >= 4 is 0 Å². The van der Waals surface area contributed by atoms with Crippen molar-refractivity contribution in [3.63, 3.8) is 0 Å². The van der Waals surface area contributed by atoms with Gasteiger partial charge in [0, 0.05) is 0 Å². The zero-order chi connectivity index (χ0) is 8.13. The Morgan fingerprint density at radius 1 is 0.833 bits per heavy atom. The van der Waals surface area contributed by atoms with Crippen molar-refractivity contribution in [2.24, 2.45) is 29.6 Å². The molecule has 0 heteroatoms. The fraction of sp³-hybridized carbons (Fsp3) is 0.833. The van der Waals surface area contributed by atoms with Crippen LogP contribution in [0.4, 0.5) is 0 Å². The van der Waals surface area contributed by atoms with Crippen molar-refractivity contribution in [2.75, 3.05) is 0 Å². The average Bonchev–Trinajstić information content (AvgIpc) is 2.02. The van der Waals surface area contributed by atoms with Gasteiger partial charge in [0.2, 0.25) is 0 Å². The highest BCUT2D eigenvalue weighted by Gasteiger charge is 2.46. The third-order valence-electron chi connectivity index (χ3n) is 4.57. The largest absolute Gasteiger partial charge is 0.103 e. The zero-order valence-electron chi connectivity index (χ0n) is 7.71. The normalized spacial score (nSPS) is 55.8. The minimum Gasteiger partial charge on any atom is -0.103 e. The number of hydrogen-bond acceptors (Lipinski definition) is 0. The van der Waals surface area contributed by atoms with Gasteiger partial charge in [-0.25, -0.2) is 0 Å². The van der Waals surface area contributed by atoms with Gasteiger partial charge in [0.25, 0.3) is 0 Å². The molecule has 0 unspecified atom stereocenters. The molecule has 0 radical (unpaired) electrons. The summed E-state index contributed by atoms with van der Waals surface area (Å²) in [5.41, 5.74) is 0. The van der Waals surface area contributed by atoms with Crippen LogP contribution < -0.4 is 0 Å². The second-order valence-electron chi connectivity index (χ2n) is 5.24. The molecule has 0 aliphatic heterocycles. The lowest BCUT2D eigenvalue weighted by Crippen LogP contribution is -2.44. The summed E-state index contributed by atoms with van der Waals surface area (Å²) in [5, 5.41) is 0. The minimum atomic E-state index is 0.901. The monoisotopic (exact) mass is 162 g/mol. The first-order valence-electron chi connectivity index (χ1n) is 5.49. The highest BCUT2D eigenvalue weighted by atomic mass is 14.5. The van der Waals surface area contributed by atoms with Gasteiger partial charge in [-0.3, -0.25) is 0 Å². The molecular weight excluding hydrogens is 144 g/mol. The average molecular weight is 162 g/mol. The molecule has 12 heavy (non-hydrogen) atoms. The molecule has 4 aliphatic rings. The number of hydrogen-bond donors (Lipinski definition) is 0. The summed E-state index contributed by atoms with van der Waals surface area (Å²) in [6, 6.07) is 0. The van der Waals surface area contributed by atoms with E-state index in [0.717, 1.165) is 29.6 Å². The van der Waals surface area contributed by atoms with E-state index in [-0.39, 0.29) is 0 Å². The topological polar surface area (TPSA) is 0 Å². The first kappa shape index (κ1) is 7.17. The van der Waals surface area contributed by atoms with Crippen molar-refractivity contribution in [3.8, 4) is 0 Å². The first-order chi connectivity index (χ1) is 5.86. The third kappa shape index (κ3) is 0.841. The molecule has 4 bridgehead atoms. The van der Waals surface area contributed by atoms with Crippen LogP contribution in [0.3, 0.4) is 0 Å². The lowest BCUT2D eigenvalue weighted by Gasteiger charge is -2.53. The van der Waals surface area contributed by atoms with Gasteiger partial charge in [0.15, 0.2) is 0 Å². The lowest BCUT2D eigenvalue weighted by atomic mass is 9.52. The third-order valence-corrected chi connectivity index (χ3v) is 4.57. The Morgan fingerprint density at radius 2 is 1.33 bits per heavy atom. The molecule has 0 N–H and O–H groups in total. The molecule has 0 aromatic rings. The predicted molar refractivity (Wildman–Crippen MR) is 50.7 cm³/mol. The van der Waals surface area contributed by atoms with Gasteiger partial charge in [-0.2, -0.15) is 0 Å². The first-order valence-corrected chi connectivity index (χ1v) is 5.49. The van der Waals surface area contributed by atoms with E-state index in [4.69, 9.17) is 0 Å². The fourth-order valence-corrected chi connectivity index (χ4v) is 4.35. The molecule has 4 fully saturated rings. The van der Waals surface area contributed by atoms with Crippen LogP contribution in [0.5, 0.6) is 0 Å². The Labute approximate surface area is 75.0 Å². The highest BCUT2D eigenvalue weighted by Crippen LogP contribution is 2.56. The molecule has 0 aromatic heterocycles. The van der Waals surface area contributed by atoms with Crippen LogP contribution in [0.25, 0.3) is 0 Å². The summed E-state index contributed by atoms with van der Waals surface area (Å²) in [4.78, 5) is 0. The quantitative estimate of drug-likeness (QED) is 0.519. The van der Waals surface area contributed by atoms with Crippen LogP contribution >= 0.6 is 0 Å². The Balaban J connectivity index is 1.90. The van der Waals surface area contributed by atoms with Gasteiger partial charge < -0.3 is 0 Å². The van der Waals surface area contributed by atoms with Crippen molar-refractivity contribution in [1.82, 2.24) is 0 Å². The molecule has 66 valence electrons. The summed E-state index contributed by atoms with van der Waals surface area (Å²) in [6.45, 7) is 4.01. The minimum absolute atomic E-state index is 0.901. The highest BCUT2D eigenvalue weighted by molar-refractivity contribution is 5.03. The van der Waals surface area contributed by atoms with Gasteiger partial charge in [0.1, 0.15) is 0 Å². The van der Waals surface area contributed by atoms with Crippen molar-refractivity contribution in [3.05, 3.63) is 12.7 Å². The molecule has 0 heterocycles. The van der Waals surface area contributed by atoms with E-state index in [1.807, 2.05) is 0 Å². The smallest absolute Gasteiger partial charge is 0.0179 e. The van der Waals surface area contributed by atoms with Crippen LogP contribution in [0.15, 0.2) is 12.7 Å². The van der Waals surface area contributed by atoms with Crippen LogP contribution in [-0.4, -0.2) is 0 Å². The van der Waals surface area contributed by atoms with Gasteiger partial charge in [-0.15, -0.1) is 6.58 Å². The Hall–Kier alpha value is -0.260. The van der Waals surface area contributed by atoms with Crippen LogP contribution in [-0.2, 0) is 0 Å². The summed E-state index contributed by atoms with van der Waals surface area (Å²) >= 11 is 0. The van der Waals surface area contributed by atoms with E-state index in [9.17, 15) is 0 Å². The van der Waals surface area contributed by atoms with E-state index in [1.54, 1.807) is 6.42 Å². The molecule has 0 amide bonds. The second-order valence-corrected chi connectivity index (χ2v) is 5.24. The summed E-state index contributed by atoms with van der Waals surface area (Å²) in [5.74, 6) is 5.21. The molecule has 4 aliphatic carbocycles. The fourth-order valence-electron chi connectivity index (χ4n) is 4.35. The summed E-state index contributed by atoms with van der Waals surface area (Å²) < 4.78 is 0. The Morgan fingerprint density at radius 3 is 1.75 bits per heavy atom. The van der Waals surface area contributed by atoms with E-state index in [0.29, 0.717) is 0 Å². The van der Waals surface area contributed by atoms with Crippen LogP contribution in [0.1, 0.15) is 32.1 Å². The Kier molecular flexibility index (Phi) is 1.42. The van der Waals surface area contributed by atoms with E-state index >= 15 is 0 Å². The molecule has 4 rings (SSSR count). The van der Waals surface area contributed by atoms with E-state index in [1.165, 1.54) is 25.7 Å². The van der Waals surface area contributed by atoms with Gasteiger partial charge in [-0.05, 0) is 61.7 Å². The SMILES string of the molecule is C=CC1C2CC3CC(C2)CC1C3. The summed E-state index contributed by atoms with van der Waals surface area (Å²) in [7, 11) is 0.